The molecular weight excluding hydrogens is 138 g/mol. The molecule has 1 aromatic carbocycles. The number of hydrogen-bond acceptors (Lipinski definition) is 2. The zero-order valence-corrected chi connectivity index (χ0v) is 5.95. The van der Waals surface area contributed by atoms with Crippen molar-refractivity contribution in [3.8, 4) is 11.8 Å². The van der Waals surface area contributed by atoms with Crippen LogP contribution in [0.4, 0.5) is 0 Å². The van der Waals surface area contributed by atoms with E-state index in [1.807, 2.05) is 24.3 Å². The third kappa shape index (κ3) is 0.857. The van der Waals surface area contributed by atoms with Crippen LogP contribution in [0.3, 0.4) is 0 Å². The lowest BCUT2D eigenvalue weighted by molar-refractivity contribution is 0.347. The number of benzene rings is 1. The topological polar surface area (TPSA) is 33.0 Å². The SMILES string of the molecule is N#C[C@@H]1COc2ccccc21. The first kappa shape index (κ1) is 6.23. The molecule has 54 valence electrons. The molecule has 0 bridgehead atoms. The summed E-state index contributed by atoms with van der Waals surface area (Å²) in [6, 6.07) is 9.87. The molecule has 0 fully saturated rings. The molecule has 1 atom stereocenters. The van der Waals surface area contributed by atoms with E-state index in [2.05, 4.69) is 6.07 Å². The molecule has 2 rings (SSSR count). The summed E-state index contributed by atoms with van der Waals surface area (Å²) in [7, 11) is 0. The Morgan fingerprint density at radius 1 is 1.45 bits per heavy atom. The Hall–Kier alpha value is -1.49. The zero-order chi connectivity index (χ0) is 7.68. The van der Waals surface area contributed by atoms with Crippen molar-refractivity contribution in [1.82, 2.24) is 0 Å². The maximum atomic E-state index is 8.68. The third-order valence-electron chi connectivity index (χ3n) is 1.86. The van der Waals surface area contributed by atoms with E-state index in [0.717, 1.165) is 11.3 Å². The number of fused-ring (bicyclic) bond motifs is 1. The zero-order valence-electron chi connectivity index (χ0n) is 5.95. The molecular formula is C9H7NO. The van der Waals surface area contributed by atoms with Crippen molar-refractivity contribution in [2.75, 3.05) is 6.61 Å². The summed E-state index contributed by atoms with van der Waals surface area (Å²) >= 11 is 0. The Kier molecular flexibility index (Phi) is 1.29. The molecule has 1 aliphatic rings. The van der Waals surface area contributed by atoms with Crippen LogP contribution in [0.15, 0.2) is 24.3 Å². The summed E-state index contributed by atoms with van der Waals surface area (Å²) in [4.78, 5) is 0. The molecule has 0 radical (unpaired) electrons. The van der Waals surface area contributed by atoms with E-state index in [0.29, 0.717) is 6.61 Å². The van der Waals surface area contributed by atoms with Crippen LogP contribution in [-0.2, 0) is 0 Å². The van der Waals surface area contributed by atoms with Crippen molar-refractivity contribution in [1.29, 1.82) is 5.26 Å². The summed E-state index contributed by atoms with van der Waals surface area (Å²) in [5, 5.41) is 8.68. The van der Waals surface area contributed by atoms with Gasteiger partial charge >= 0.3 is 0 Å². The number of hydrogen-bond donors (Lipinski definition) is 0. The van der Waals surface area contributed by atoms with Gasteiger partial charge in [0.15, 0.2) is 0 Å². The van der Waals surface area contributed by atoms with Gasteiger partial charge in [-0.2, -0.15) is 5.26 Å². The first-order chi connectivity index (χ1) is 5.42. The molecule has 0 aliphatic carbocycles. The lowest BCUT2D eigenvalue weighted by Gasteiger charge is -1.94. The molecule has 2 nitrogen and oxygen atoms in total. The molecule has 2 heteroatoms. The Morgan fingerprint density at radius 3 is 3.09 bits per heavy atom. The van der Waals surface area contributed by atoms with Crippen molar-refractivity contribution in [2.24, 2.45) is 0 Å². The summed E-state index contributed by atoms with van der Waals surface area (Å²) < 4.78 is 5.28. The van der Waals surface area contributed by atoms with Gasteiger partial charge in [-0.1, -0.05) is 18.2 Å². The first-order valence-corrected chi connectivity index (χ1v) is 3.53. The summed E-state index contributed by atoms with van der Waals surface area (Å²) in [6.07, 6.45) is 0. The van der Waals surface area contributed by atoms with E-state index < -0.39 is 0 Å². The third-order valence-corrected chi connectivity index (χ3v) is 1.86. The summed E-state index contributed by atoms with van der Waals surface area (Å²) in [5.74, 6) is 0.797. The van der Waals surface area contributed by atoms with E-state index in [-0.39, 0.29) is 5.92 Å². The number of nitrogens with zero attached hydrogens (tertiary/aromatic N) is 1. The maximum Gasteiger partial charge on any atom is 0.124 e. The van der Waals surface area contributed by atoms with Crippen LogP contribution in [0, 0.1) is 11.3 Å². The highest BCUT2D eigenvalue weighted by atomic mass is 16.5. The second-order valence-corrected chi connectivity index (χ2v) is 2.53. The minimum Gasteiger partial charge on any atom is -0.492 e. The average Bonchev–Trinajstić information content (AvgIpc) is 2.47. The van der Waals surface area contributed by atoms with Crippen molar-refractivity contribution in [2.45, 2.75) is 5.92 Å². The smallest absolute Gasteiger partial charge is 0.124 e. The summed E-state index contributed by atoms with van der Waals surface area (Å²) in [6.45, 7) is 0.510. The van der Waals surface area contributed by atoms with Crippen molar-refractivity contribution in [3.05, 3.63) is 29.8 Å². The molecule has 0 aromatic heterocycles. The normalized spacial score (nSPS) is 20.1. The standard InChI is InChI=1S/C9H7NO/c10-5-7-6-11-9-4-2-1-3-8(7)9/h1-4,7H,6H2/t7-/m1/s1. The minimum absolute atomic E-state index is 0.0637. The van der Waals surface area contributed by atoms with Crippen molar-refractivity contribution >= 4 is 0 Å². The largest absolute Gasteiger partial charge is 0.492 e. The molecule has 0 unspecified atom stereocenters. The van der Waals surface area contributed by atoms with Crippen LogP contribution in [0.1, 0.15) is 11.5 Å². The Balaban J connectivity index is 2.49. The van der Waals surface area contributed by atoms with Crippen molar-refractivity contribution in [3.63, 3.8) is 0 Å². The maximum absolute atomic E-state index is 8.68. The van der Waals surface area contributed by atoms with E-state index in [9.17, 15) is 0 Å². The van der Waals surface area contributed by atoms with Crippen LogP contribution in [0.5, 0.6) is 5.75 Å². The predicted molar refractivity (Wildman–Crippen MR) is 40.3 cm³/mol. The second-order valence-electron chi connectivity index (χ2n) is 2.53. The molecule has 0 saturated carbocycles. The number of ether oxygens (including phenoxy) is 1. The van der Waals surface area contributed by atoms with Crippen LogP contribution in [0.2, 0.25) is 0 Å². The van der Waals surface area contributed by atoms with Crippen LogP contribution >= 0.6 is 0 Å². The lowest BCUT2D eigenvalue weighted by Crippen LogP contribution is -1.95. The number of rotatable bonds is 0. The fraction of sp³-hybridized carbons (Fsp3) is 0.222. The van der Waals surface area contributed by atoms with Gasteiger partial charge in [0.1, 0.15) is 18.3 Å². The Labute approximate surface area is 65.0 Å². The van der Waals surface area contributed by atoms with Crippen molar-refractivity contribution < 1.29 is 4.74 Å². The van der Waals surface area contributed by atoms with Gasteiger partial charge in [0, 0.05) is 5.56 Å². The molecule has 11 heavy (non-hydrogen) atoms. The number of nitriles is 1. The van der Waals surface area contributed by atoms with Gasteiger partial charge in [-0.05, 0) is 6.07 Å². The average molecular weight is 145 g/mol. The number of para-hydroxylation sites is 1. The Morgan fingerprint density at radius 2 is 2.27 bits per heavy atom. The lowest BCUT2D eigenvalue weighted by atomic mass is 10.0. The fourth-order valence-electron chi connectivity index (χ4n) is 1.27. The molecule has 1 aliphatic heterocycles. The molecule has 1 aromatic rings. The second kappa shape index (κ2) is 2.28. The molecule has 0 spiro atoms. The van der Waals surface area contributed by atoms with Crippen LogP contribution in [0.25, 0.3) is 0 Å². The first-order valence-electron chi connectivity index (χ1n) is 3.53. The van der Waals surface area contributed by atoms with E-state index in [1.54, 1.807) is 0 Å². The molecule has 0 saturated heterocycles. The molecule has 1 heterocycles. The van der Waals surface area contributed by atoms with Gasteiger partial charge < -0.3 is 4.74 Å². The van der Waals surface area contributed by atoms with Gasteiger partial charge in [0.25, 0.3) is 0 Å². The molecule has 0 amide bonds. The van der Waals surface area contributed by atoms with E-state index in [4.69, 9.17) is 10.00 Å². The van der Waals surface area contributed by atoms with Gasteiger partial charge in [0.05, 0.1) is 6.07 Å². The van der Waals surface area contributed by atoms with Crippen LogP contribution < -0.4 is 4.74 Å². The van der Waals surface area contributed by atoms with E-state index in [1.165, 1.54) is 0 Å². The fourth-order valence-corrected chi connectivity index (χ4v) is 1.27. The van der Waals surface area contributed by atoms with Gasteiger partial charge in [-0.25, -0.2) is 0 Å². The summed E-state index contributed by atoms with van der Waals surface area (Å²) in [5.41, 5.74) is 1.02. The van der Waals surface area contributed by atoms with Gasteiger partial charge in [0.2, 0.25) is 0 Å². The highest BCUT2D eigenvalue weighted by molar-refractivity contribution is 5.42. The van der Waals surface area contributed by atoms with Crippen LogP contribution in [-0.4, -0.2) is 6.61 Å². The Bertz CT molecular complexity index is 314. The predicted octanol–water partition coefficient (Wildman–Crippen LogP) is 1.69. The highest BCUT2D eigenvalue weighted by Crippen LogP contribution is 2.32. The monoisotopic (exact) mass is 145 g/mol. The van der Waals surface area contributed by atoms with Gasteiger partial charge in [-0.3, -0.25) is 0 Å². The minimum atomic E-state index is -0.0637. The van der Waals surface area contributed by atoms with Gasteiger partial charge in [-0.15, -0.1) is 0 Å². The van der Waals surface area contributed by atoms with E-state index >= 15 is 0 Å². The molecule has 0 N–H and O–H groups in total. The quantitative estimate of drug-likeness (QED) is 0.556. The highest BCUT2D eigenvalue weighted by Gasteiger charge is 2.22.